The molecule has 2 aliphatic heterocycles. The van der Waals surface area contributed by atoms with Crippen molar-refractivity contribution in [3.63, 3.8) is 0 Å². The van der Waals surface area contributed by atoms with Gasteiger partial charge in [0.2, 0.25) is 23.6 Å². The number of carbonyl (C=O) groups is 4. The maximum atomic E-state index is 12.0. The molecule has 6 nitrogen and oxygen atoms in total. The minimum Gasteiger partial charge on any atom is -0.296 e. The molecule has 4 amide bonds. The fourth-order valence-electron chi connectivity index (χ4n) is 5.44. The Morgan fingerprint density at radius 2 is 0.950 bits per heavy atom. The Kier molecular flexibility index (Phi) is 1.63. The lowest BCUT2D eigenvalue weighted by Gasteiger charge is -2.60. The van der Waals surface area contributed by atoms with E-state index in [1.165, 1.54) is 0 Å². The Morgan fingerprint density at radius 3 is 1.35 bits per heavy atom. The fourth-order valence-corrected chi connectivity index (χ4v) is 5.44. The minimum absolute atomic E-state index is 0.0411. The van der Waals surface area contributed by atoms with Crippen LogP contribution in [0.3, 0.4) is 0 Å². The summed E-state index contributed by atoms with van der Waals surface area (Å²) in [6.45, 7) is 0. The highest BCUT2D eigenvalue weighted by Gasteiger charge is 2.72. The van der Waals surface area contributed by atoms with Gasteiger partial charge in [-0.05, 0) is 23.7 Å². The zero-order valence-electron chi connectivity index (χ0n) is 10.4. The first-order valence-corrected chi connectivity index (χ1v) is 6.97. The summed E-state index contributed by atoms with van der Waals surface area (Å²) < 4.78 is 0. The molecule has 2 heterocycles. The number of fused-ring (bicyclic) bond motifs is 1. The maximum absolute atomic E-state index is 12.0. The van der Waals surface area contributed by atoms with Crippen LogP contribution < -0.4 is 10.6 Å². The summed E-state index contributed by atoms with van der Waals surface area (Å²) >= 11 is 0. The number of nitrogens with one attached hydrogen (secondary N) is 2. The van der Waals surface area contributed by atoms with Crippen LogP contribution in [0.4, 0.5) is 0 Å². The molecule has 102 valence electrons. The van der Waals surface area contributed by atoms with E-state index in [0.717, 1.165) is 0 Å². The van der Waals surface area contributed by atoms with Crippen molar-refractivity contribution in [3.8, 4) is 0 Å². The first-order chi connectivity index (χ1) is 9.59. The second-order valence-electron chi connectivity index (χ2n) is 6.50. The van der Waals surface area contributed by atoms with Gasteiger partial charge in [0.25, 0.3) is 0 Å². The summed E-state index contributed by atoms with van der Waals surface area (Å²) in [4.78, 5) is 47.8. The average Bonchev–Trinajstić information content (AvgIpc) is 2.78. The number of amides is 4. The molecule has 4 aliphatic carbocycles. The second kappa shape index (κ2) is 3.02. The van der Waals surface area contributed by atoms with Crippen LogP contribution in [-0.4, -0.2) is 23.6 Å². The molecule has 0 aromatic rings. The van der Waals surface area contributed by atoms with Gasteiger partial charge in [-0.3, -0.25) is 29.8 Å². The molecular weight excluding hydrogens is 260 g/mol. The van der Waals surface area contributed by atoms with Crippen LogP contribution in [0.25, 0.3) is 0 Å². The van der Waals surface area contributed by atoms with Crippen molar-refractivity contribution in [3.05, 3.63) is 12.2 Å². The van der Waals surface area contributed by atoms with Gasteiger partial charge in [-0.15, -0.1) is 0 Å². The molecule has 6 rings (SSSR count). The highest BCUT2D eigenvalue weighted by molar-refractivity contribution is 6.09. The van der Waals surface area contributed by atoms with Crippen molar-refractivity contribution in [2.45, 2.75) is 0 Å². The van der Waals surface area contributed by atoms with Gasteiger partial charge in [0, 0.05) is 0 Å². The summed E-state index contributed by atoms with van der Waals surface area (Å²) in [5.41, 5.74) is 0. The lowest BCUT2D eigenvalue weighted by atomic mass is 9.40. The van der Waals surface area contributed by atoms with Crippen LogP contribution in [0.1, 0.15) is 0 Å². The first-order valence-electron chi connectivity index (χ1n) is 6.97. The Hall–Kier alpha value is -1.98. The molecule has 0 unspecified atom stereocenters. The average molecular weight is 272 g/mol. The molecule has 2 bridgehead atoms. The van der Waals surface area contributed by atoms with Crippen LogP contribution in [0.2, 0.25) is 0 Å². The molecule has 2 N–H and O–H groups in total. The molecule has 0 spiro atoms. The van der Waals surface area contributed by atoms with Gasteiger partial charge in [-0.1, -0.05) is 12.2 Å². The van der Waals surface area contributed by atoms with Crippen LogP contribution in [-0.2, 0) is 19.2 Å². The molecule has 0 aromatic heterocycles. The summed E-state index contributed by atoms with van der Waals surface area (Å²) in [6, 6.07) is 0. The number of hydrogen-bond donors (Lipinski definition) is 2. The van der Waals surface area contributed by atoms with E-state index in [2.05, 4.69) is 10.6 Å². The predicted molar refractivity (Wildman–Crippen MR) is 63.4 cm³/mol. The third-order valence-electron chi connectivity index (χ3n) is 6.03. The second-order valence-corrected chi connectivity index (χ2v) is 6.50. The summed E-state index contributed by atoms with van der Waals surface area (Å²) in [5.74, 6) is -2.21. The molecule has 2 saturated carbocycles. The number of rotatable bonds is 0. The van der Waals surface area contributed by atoms with E-state index in [-0.39, 0.29) is 71.0 Å². The lowest BCUT2D eigenvalue weighted by molar-refractivity contribution is -0.166. The molecule has 6 heteroatoms. The van der Waals surface area contributed by atoms with Crippen molar-refractivity contribution in [2.75, 3.05) is 0 Å². The third-order valence-corrected chi connectivity index (χ3v) is 6.03. The quantitative estimate of drug-likeness (QED) is 0.429. The van der Waals surface area contributed by atoms with Gasteiger partial charge >= 0.3 is 0 Å². The molecule has 8 atom stereocenters. The topological polar surface area (TPSA) is 92.3 Å². The zero-order valence-corrected chi connectivity index (χ0v) is 10.4. The van der Waals surface area contributed by atoms with E-state index in [0.29, 0.717) is 0 Å². The smallest absolute Gasteiger partial charge is 0.231 e. The van der Waals surface area contributed by atoms with Crippen LogP contribution in [0, 0.1) is 47.3 Å². The molecule has 0 aromatic carbocycles. The lowest BCUT2D eigenvalue weighted by Crippen LogP contribution is -2.63. The molecule has 0 radical (unpaired) electrons. The van der Waals surface area contributed by atoms with Crippen molar-refractivity contribution in [2.24, 2.45) is 47.3 Å². The van der Waals surface area contributed by atoms with E-state index in [1.54, 1.807) is 0 Å². The fraction of sp³-hybridized carbons (Fsp3) is 0.571. The van der Waals surface area contributed by atoms with Crippen molar-refractivity contribution in [1.82, 2.24) is 10.6 Å². The summed E-state index contributed by atoms with van der Waals surface area (Å²) in [7, 11) is 0. The van der Waals surface area contributed by atoms with Crippen LogP contribution >= 0.6 is 0 Å². The van der Waals surface area contributed by atoms with E-state index < -0.39 is 0 Å². The monoisotopic (exact) mass is 272 g/mol. The van der Waals surface area contributed by atoms with Crippen LogP contribution in [0.5, 0.6) is 0 Å². The summed E-state index contributed by atoms with van der Waals surface area (Å²) in [6.07, 6.45) is 3.97. The van der Waals surface area contributed by atoms with Gasteiger partial charge in [0.1, 0.15) is 0 Å². The van der Waals surface area contributed by atoms with Gasteiger partial charge < -0.3 is 0 Å². The van der Waals surface area contributed by atoms with Crippen molar-refractivity contribution < 1.29 is 19.2 Å². The SMILES string of the molecule is O=C1NC(=O)[C@H]2[C@@H]3C=C[C@H]([C@@H]12)[C@H]1[C@H]2C(=O)NC(=O)[C@H]2[C@@H]31. The predicted octanol–water partition coefficient (Wildman–Crippen LogP) is -1.17. The molecule has 4 fully saturated rings. The van der Waals surface area contributed by atoms with Crippen molar-refractivity contribution in [1.29, 1.82) is 0 Å². The largest absolute Gasteiger partial charge is 0.296 e. The summed E-state index contributed by atoms with van der Waals surface area (Å²) in [5, 5.41) is 4.81. The van der Waals surface area contributed by atoms with Crippen molar-refractivity contribution >= 4 is 23.6 Å². The number of hydrogen-bond acceptors (Lipinski definition) is 4. The van der Waals surface area contributed by atoms with E-state index in [1.807, 2.05) is 12.2 Å². The molecule has 20 heavy (non-hydrogen) atoms. The molecule has 2 saturated heterocycles. The minimum atomic E-state index is -0.344. The van der Waals surface area contributed by atoms with Gasteiger partial charge in [0.05, 0.1) is 23.7 Å². The van der Waals surface area contributed by atoms with Crippen LogP contribution in [0.15, 0.2) is 12.2 Å². The van der Waals surface area contributed by atoms with E-state index >= 15 is 0 Å². The number of imide groups is 2. The Balaban J connectivity index is 1.63. The van der Waals surface area contributed by atoms with Gasteiger partial charge in [-0.25, -0.2) is 0 Å². The number of allylic oxidation sites excluding steroid dienone is 2. The highest BCUT2D eigenvalue weighted by atomic mass is 16.2. The van der Waals surface area contributed by atoms with Gasteiger partial charge in [-0.2, -0.15) is 0 Å². The van der Waals surface area contributed by atoms with E-state index in [9.17, 15) is 19.2 Å². The number of carbonyl (C=O) groups excluding carboxylic acids is 4. The standard InChI is InChI=1S/C14H12N2O4/c17-11-7-3-1-2-4(8(7)12(18)15-11)6-5(3)9-10(6)14(20)16-13(9)19/h1-10H,(H,15,17,18)(H,16,19,20)/t3-,4+,5+,6-,7+,8-,9+,10-. The Morgan fingerprint density at radius 1 is 0.600 bits per heavy atom. The maximum Gasteiger partial charge on any atom is 0.231 e. The normalized spacial score (nSPS) is 54.0. The first kappa shape index (κ1) is 10.8. The zero-order chi connectivity index (χ0) is 13.8. The molecule has 6 aliphatic rings. The third kappa shape index (κ3) is 0.910. The highest BCUT2D eigenvalue weighted by Crippen LogP contribution is 2.66. The Bertz CT molecular complexity index is 587. The van der Waals surface area contributed by atoms with E-state index in [4.69, 9.17) is 0 Å². The Labute approximate surface area is 114 Å². The molecular formula is C14H12N2O4. The van der Waals surface area contributed by atoms with Gasteiger partial charge in [0.15, 0.2) is 0 Å².